The number of rotatable bonds is 3. The summed E-state index contributed by atoms with van der Waals surface area (Å²) in [7, 11) is 0. The van der Waals surface area contributed by atoms with E-state index >= 15 is 0 Å². The van der Waals surface area contributed by atoms with Gasteiger partial charge < -0.3 is 10.1 Å². The molecule has 4 nitrogen and oxygen atoms in total. The maximum Gasteiger partial charge on any atom is 0.353 e. The van der Waals surface area contributed by atoms with Crippen LogP contribution in [-0.2, 0) is 0 Å². The molecule has 1 aromatic heterocycles. The Balaban J connectivity index is 3.37. The van der Waals surface area contributed by atoms with E-state index in [0.29, 0.717) is 12.0 Å². The van der Waals surface area contributed by atoms with Crippen LogP contribution in [0, 0.1) is 13.8 Å². The highest BCUT2D eigenvalue weighted by molar-refractivity contribution is 6.06. The van der Waals surface area contributed by atoms with Gasteiger partial charge in [-0.3, -0.25) is 4.79 Å². The van der Waals surface area contributed by atoms with Gasteiger partial charge in [0.15, 0.2) is 5.78 Å². The fraction of sp³-hybridized carbons (Fsp3) is 0.400. The zero-order valence-corrected chi connectivity index (χ0v) is 8.47. The van der Waals surface area contributed by atoms with E-state index in [9.17, 15) is 9.59 Å². The van der Waals surface area contributed by atoms with Crippen molar-refractivity contribution < 1.29 is 14.7 Å². The lowest BCUT2D eigenvalue weighted by Crippen LogP contribution is -2.07. The van der Waals surface area contributed by atoms with E-state index in [-0.39, 0.29) is 11.5 Å². The molecule has 1 rings (SSSR count). The van der Waals surface area contributed by atoms with Crippen molar-refractivity contribution in [1.82, 2.24) is 4.98 Å². The molecule has 0 spiro atoms. The standard InChI is InChI=1S/C10H13NO3/c1-4-7(12)8-5(2)6(3)11-9(8)10(13)14/h11H,4H2,1-3H3,(H,13,14). The molecule has 0 aliphatic rings. The number of aryl methyl sites for hydroxylation is 1. The smallest absolute Gasteiger partial charge is 0.353 e. The maximum absolute atomic E-state index is 11.5. The van der Waals surface area contributed by atoms with Gasteiger partial charge in [-0.15, -0.1) is 0 Å². The second-order valence-corrected chi connectivity index (χ2v) is 3.21. The Morgan fingerprint density at radius 2 is 1.93 bits per heavy atom. The number of H-pyrrole nitrogens is 1. The van der Waals surface area contributed by atoms with Crippen LogP contribution in [0.3, 0.4) is 0 Å². The number of hydrogen-bond acceptors (Lipinski definition) is 2. The number of carboxylic acids is 1. The van der Waals surface area contributed by atoms with Gasteiger partial charge in [-0.05, 0) is 19.4 Å². The number of aromatic carboxylic acids is 1. The zero-order valence-electron chi connectivity index (χ0n) is 8.47. The topological polar surface area (TPSA) is 70.2 Å². The van der Waals surface area contributed by atoms with E-state index in [1.165, 1.54) is 0 Å². The second kappa shape index (κ2) is 3.65. The summed E-state index contributed by atoms with van der Waals surface area (Å²) in [5.74, 6) is -1.22. The molecule has 14 heavy (non-hydrogen) atoms. The molecule has 0 unspecified atom stereocenters. The Bertz CT molecular complexity index is 390. The number of carbonyl (C=O) groups excluding carboxylic acids is 1. The fourth-order valence-electron chi connectivity index (χ4n) is 1.40. The Morgan fingerprint density at radius 1 is 1.36 bits per heavy atom. The molecule has 1 aromatic rings. The Hall–Kier alpha value is -1.58. The van der Waals surface area contributed by atoms with Crippen LogP contribution in [0.25, 0.3) is 0 Å². The van der Waals surface area contributed by atoms with E-state index in [2.05, 4.69) is 4.98 Å². The Kier molecular flexibility index (Phi) is 2.74. The van der Waals surface area contributed by atoms with Crippen molar-refractivity contribution in [2.75, 3.05) is 0 Å². The lowest BCUT2D eigenvalue weighted by Gasteiger charge is -1.98. The first-order chi connectivity index (χ1) is 6.49. The predicted octanol–water partition coefficient (Wildman–Crippen LogP) is 1.92. The number of ketones is 1. The quantitative estimate of drug-likeness (QED) is 0.724. The van der Waals surface area contributed by atoms with Gasteiger partial charge in [-0.1, -0.05) is 6.92 Å². The van der Waals surface area contributed by atoms with Crippen LogP contribution in [-0.4, -0.2) is 21.8 Å². The fourth-order valence-corrected chi connectivity index (χ4v) is 1.40. The number of carboxylic acid groups (broad SMARTS) is 1. The number of Topliss-reactive ketones (excluding diaryl/α,β-unsaturated/α-hetero) is 1. The number of hydrogen-bond donors (Lipinski definition) is 2. The van der Waals surface area contributed by atoms with Gasteiger partial charge in [0.1, 0.15) is 5.69 Å². The lowest BCUT2D eigenvalue weighted by atomic mass is 10.0. The molecule has 0 fully saturated rings. The molecular formula is C10H13NO3. The van der Waals surface area contributed by atoms with Gasteiger partial charge >= 0.3 is 5.97 Å². The molecule has 0 aromatic carbocycles. The number of nitrogens with one attached hydrogen (secondary N) is 1. The average Bonchev–Trinajstić information content (AvgIpc) is 2.43. The summed E-state index contributed by atoms with van der Waals surface area (Å²) < 4.78 is 0. The van der Waals surface area contributed by atoms with Gasteiger partial charge in [-0.25, -0.2) is 4.79 Å². The molecule has 4 heteroatoms. The minimum atomic E-state index is -1.09. The molecule has 0 radical (unpaired) electrons. The molecule has 2 N–H and O–H groups in total. The van der Waals surface area contributed by atoms with Crippen LogP contribution < -0.4 is 0 Å². The Labute approximate surface area is 81.9 Å². The van der Waals surface area contributed by atoms with Crippen LogP contribution in [0.4, 0.5) is 0 Å². The Morgan fingerprint density at radius 3 is 2.36 bits per heavy atom. The number of aromatic nitrogens is 1. The maximum atomic E-state index is 11.5. The monoisotopic (exact) mass is 195 g/mol. The summed E-state index contributed by atoms with van der Waals surface area (Å²) in [6.07, 6.45) is 0.318. The van der Waals surface area contributed by atoms with Crippen LogP contribution in [0.2, 0.25) is 0 Å². The summed E-state index contributed by atoms with van der Waals surface area (Å²) in [6, 6.07) is 0. The molecular weight excluding hydrogens is 182 g/mol. The largest absolute Gasteiger partial charge is 0.477 e. The van der Waals surface area contributed by atoms with E-state index in [1.807, 2.05) is 0 Å². The highest BCUT2D eigenvalue weighted by Gasteiger charge is 2.21. The van der Waals surface area contributed by atoms with Gasteiger partial charge in [0.05, 0.1) is 5.56 Å². The number of carbonyl (C=O) groups is 2. The van der Waals surface area contributed by atoms with Crippen LogP contribution in [0.5, 0.6) is 0 Å². The highest BCUT2D eigenvalue weighted by Crippen LogP contribution is 2.19. The van der Waals surface area contributed by atoms with Gasteiger partial charge in [0, 0.05) is 12.1 Å². The minimum absolute atomic E-state index is 0.00634. The highest BCUT2D eigenvalue weighted by atomic mass is 16.4. The second-order valence-electron chi connectivity index (χ2n) is 3.21. The predicted molar refractivity (Wildman–Crippen MR) is 51.8 cm³/mol. The van der Waals surface area contributed by atoms with E-state index < -0.39 is 5.97 Å². The normalized spacial score (nSPS) is 10.2. The molecule has 0 aliphatic heterocycles. The SMILES string of the molecule is CCC(=O)c1c(C(=O)O)[nH]c(C)c1C. The van der Waals surface area contributed by atoms with Crippen molar-refractivity contribution >= 4 is 11.8 Å². The third-order valence-electron chi connectivity index (χ3n) is 2.31. The van der Waals surface area contributed by atoms with Crippen molar-refractivity contribution in [2.24, 2.45) is 0 Å². The van der Waals surface area contributed by atoms with Crippen LogP contribution in [0.1, 0.15) is 45.4 Å². The third kappa shape index (κ3) is 1.55. The zero-order chi connectivity index (χ0) is 10.9. The molecule has 0 atom stereocenters. The molecule has 0 saturated heterocycles. The first-order valence-electron chi connectivity index (χ1n) is 4.44. The van der Waals surface area contributed by atoms with Crippen LogP contribution >= 0.6 is 0 Å². The van der Waals surface area contributed by atoms with Crippen molar-refractivity contribution in [2.45, 2.75) is 27.2 Å². The summed E-state index contributed by atoms with van der Waals surface area (Å²) in [5, 5.41) is 8.86. The minimum Gasteiger partial charge on any atom is -0.477 e. The van der Waals surface area contributed by atoms with Crippen molar-refractivity contribution in [1.29, 1.82) is 0 Å². The van der Waals surface area contributed by atoms with E-state index in [1.54, 1.807) is 20.8 Å². The molecule has 1 heterocycles. The van der Waals surface area contributed by atoms with E-state index in [4.69, 9.17) is 5.11 Å². The lowest BCUT2D eigenvalue weighted by molar-refractivity contribution is 0.0686. The molecule has 0 aliphatic carbocycles. The first-order valence-corrected chi connectivity index (χ1v) is 4.44. The van der Waals surface area contributed by atoms with Gasteiger partial charge in [0.2, 0.25) is 0 Å². The summed E-state index contributed by atoms with van der Waals surface area (Å²) in [4.78, 5) is 25.0. The molecule has 0 amide bonds. The third-order valence-corrected chi connectivity index (χ3v) is 2.31. The summed E-state index contributed by atoms with van der Waals surface area (Å²) >= 11 is 0. The van der Waals surface area contributed by atoms with E-state index in [0.717, 1.165) is 11.3 Å². The van der Waals surface area contributed by atoms with Crippen LogP contribution in [0.15, 0.2) is 0 Å². The molecule has 0 bridgehead atoms. The van der Waals surface area contributed by atoms with Gasteiger partial charge in [-0.2, -0.15) is 0 Å². The van der Waals surface area contributed by atoms with Crippen molar-refractivity contribution in [3.63, 3.8) is 0 Å². The first kappa shape index (κ1) is 10.5. The van der Waals surface area contributed by atoms with Crippen molar-refractivity contribution in [3.8, 4) is 0 Å². The number of aromatic amines is 1. The summed E-state index contributed by atoms with van der Waals surface area (Å²) in [6.45, 7) is 5.23. The molecule has 76 valence electrons. The average molecular weight is 195 g/mol. The van der Waals surface area contributed by atoms with Crippen molar-refractivity contribution in [3.05, 3.63) is 22.5 Å². The summed E-state index contributed by atoms with van der Waals surface area (Å²) in [5.41, 5.74) is 1.79. The van der Waals surface area contributed by atoms with Gasteiger partial charge in [0.25, 0.3) is 0 Å². The molecule has 0 saturated carbocycles.